The van der Waals surface area contributed by atoms with E-state index in [4.69, 9.17) is 4.74 Å². The first-order chi connectivity index (χ1) is 7.68. The van der Waals surface area contributed by atoms with Gasteiger partial charge in [-0.2, -0.15) is 0 Å². The molecule has 0 N–H and O–H groups in total. The maximum Gasteiger partial charge on any atom is 0.217 e. The number of rotatable bonds is 0. The Labute approximate surface area is 94.1 Å². The minimum atomic E-state index is 0.180. The second-order valence-electron chi connectivity index (χ2n) is 4.53. The SMILES string of the molecule is CC(C)=C1Cc2cnc3c(c2C1=O)CCO3. The van der Waals surface area contributed by atoms with Crippen LogP contribution in [0.15, 0.2) is 17.3 Å². The molecule has 1 aliphatic heterocycles. The average Bonchev–Trinajstić information content (AvgIpc) is 2.81. The van der Waals surface area contributed by atoms with Crippen LogP contribution in [0.2, 0.25) is 0 Å². The molecule has 1 aromatic rings. The standard InChI is InChI=1S/C13H13NO2/c1-7(2)10-5-8-6-14-13-9(3-4-16-13)11(8)12(10)15/h6H,3-5H2,1-2H3. The minimum Gasteiger partial charge on any atom is -0.477 e. The number of hydrogen-bond acceptors (Lipinski definition) is 3. The number of ketones is 1. The Hall–Kier alpha value is -1.64. The molecule has 0 unspecified atom stereocenters. The van der Waals surface area contributed by atoms with E-state index in [9.17, 15) is 4.79 Å². The summed E-state index contributed by atoms with van der Waals surface area (Å²) in [6.45, 7) is 4.63. The van der Waals surface area contributed by atoms with Gasteiger partial charge < -0.3 is 4.74 Å². The van der Waals surface area contributed by atoms with Crippen LogP contribution in [0, 0.1) is 0 Å². The Bertz CT molecular complexity index is 525. The van der Waals surface area contributed by atoms with E-state index in [1.807, 2.05) is 13.8 Å². The second kappa shape index (κ2) is 3.17. The summed E-state index contributed by atoms with van der Waals surface area (Å²) in [4.78, 5) is 16.5. The van der Waals surface area contributed by atoms with Crippen LogP contribution in [0.5, 0.6) is 5.88 Å². The van der Waals surface area contributed by atoms with Gasteiger partial charge >= 0.3 is 0 Å². The van der Waals surface area contributed by atoms with Crippen molar-refractivity contribution >= 4 is 5.78 Å². The van der Waals surface area contributed by atoms with Crippen molar-refractivity contribution in [1.82, 2.24) is 4.98 Å². The van der Waals surface area contributed by atoms with Crippen LogP contribution < -0.4 is 4.74 Å². The highest BCUT2D eigenvalue weighted by Gasteiger charge is 2.32. The van der Waals surface area contributed by atoms with Crippen molar-refractivity contribution in [2.24, 2.45) is 0 Å². The second-order valence-corrected chi connectivity index (χ2v) is 4.53. The van der Waals surface area contributed by atoms with Crippen molar-refractivity contribution in [2.45, 2.75) is 26.7 Å². The normalized spacial score (nSPS) is 17.1. The van der Waals surface area contributed by atoms with Crippen LogP contribution in [-0.2, 0) is 12.8 Å². The van der Waals surface area contributed by atoms with Gasteiger partial charge in [-0.15, -0.1) is 0 Å². The van der Waals surface area contributed by atoms with E-state index >= 15 is 0 Å². The maximum atomic E-state index is 12.3. The van der Waals surface area contributed by atoms with Gasteiger partial charge in [0, 0.05) is 35.7 Å². The molecule has 2 aliphatic rings. The van der Waals surface area contributed by atoms with E-state index in [2.05, 4.69) is 4.98 Å². The zero-order chi connectivity index (χ0) is 11.3. The molecule has 0 spiro atoms. The topological polar surface area (TPSA) is 39.2 Å². The largest absolute Gasteiger partial charge is 0.477 e. The van der Waals surface area contributed by atoms with Crippen LogP contribution >= 0.6 is 0 Å². The van der Waals surface area contributed by atoms with E-state index < -0.39 is 0 Å². The number of fused-ring (bicyclic) bond motifs is 3. The van der Waals surface area contributed by atoms with Crippen LogP contribution in [0.25, 0.3) is 0 Å². The molecule has 3 heteroatoms. The van der Waals surface area contributed by atoms with Crippen LogP contribution in [-0.4, -0.2) is 17.4 Å². The lowest BCUT2D eigenvalue weighted by Crippen LogP contribution is -2.01. The van der Waals surface area contributed by atoms with Crippen molar-refractivity contribution < 1.29 is 9.53 Å². The molecule has 0 fully saturated rings. The molecule has 0 atom stereocenters. The number of aromatic nitrogens is 1. The third-order valence-corrected chi connectivity index (χ3v) is 3.28. The van der Waals surface area contributed by atoms with E-state index in [-0.39, 0.29) is 5.78 Å². The monoisotopic (exact) mass is 215 g/mol. The lowest BCUT2D eigenvalue weighted by Gasteiger charge is -2.02. The van der Waals surface area contributed by atoms with Gasteiger partial charge in [0.1, 0.15) is 0 Å². The molecule has 16 heavy (non-hydrogen) atoms. The molecule has 0 aromatic carbocycles. The average molecular weight is 215 g/mol. The molecule has 0 saturated carbocycles. The summed E-state index contributed by atoms with van der Waals surface area (Å²) in [5.41, 5.74) is 4.97. The zero-order valence-electron chi connectivity index (χ0n) is 9.46. The van der Waals surface area contributed by atoms with Crippen molar-refractivity contribution in [3.8, 4) is 5.88 Å². The molecule has 0 bridgehead atoms. The number of allylic oxidation sites excluding steroid dienone is 2. The van der Waals surface area contributed by atoms with Gasteiger partial charge in [-0.05, 0) is 19.4 Å². The summed E-state index contributed by atoms with van der Waals surface area (Å²) < 4.78 is 5.39. The third kappa shape index (κ3) is 1.14. The number of carbonyl (C=O) groups excluding carboxylic acids is 1. The number of Topliss-reactive ketones (excluding diaryl/α,β-unsaturated/α-hetero) is 1. The highest BCUT2D eigenvalue weighted by atomic mass is 16.5. The van der Waals surface area contributed by atoms with Crippen LogP contribution in [0.3, 0.4) is 0 Å². The Morgan fingerprint density at radius 1 is 1.44 bits per heavy atom. The molecule has 0 amide bonds. The Balaban J connectivity index is 2.22. The Morgan fingerprint density at radius 2 is 2.25 bits per heavy atom. The minimum absolute atomic E-state index is 0.180. The predicted octanol–water partition coefficient (Wildman–Crippen LogP) is 2.09. The zero-order valence-corrected chi connectivity index (χ0v) is 9.46. The van der Waals surface area contributed by atoms with Crippen molar-refractivity contribution in [2.75, 3.05) is 6.61 Å². The number of ether oxygens (including phenoxy) is 1. The molecular formula is C13H13NO2. The van der Waals surface area contributed by atoms with E-state index in [1.165, 1.54) is 0 Å². The van der Waals surface area contributed by atoms with Crippen molar-refractivity contribution in [3.63, 3.8) is 0 Å². The Kier molecular flexibility index (Phi) is 1.90. The third-order valence-electron chi connectivity index (χ3n) is 3.28. The van der Waals surface area contributed by atoms with Gasteiger partial charge in [0.15, 0.2) is 5.78 Å². The highest BCUT2D eigenvalue weighted by molar-refractivity contribution is 6.14. The molecule has 0 saturated heterocycles. The fourth-order valence-electron chi connectivity index (χ4n) is 2.43. The molecular weight excluding hydrogens is 202 g/mol. The van der Waals surface area contributed by atoms with Gasteiger partial charge in [-0.1, -0.05) is 5.57 Å². The first-order valence-corrected chi connectivity index (χ1v) is 5.53. The molecule has 3 rings (SSSR count). The van der Waals surface area contributed by atoms with E-state index in [0.29, 0.717) is 12.5 Å². The first kappa shape index (κ1) is 9.58. The number of hydrogen-bond donors (Lipinski definition) is 0. The fraction of sp³-hybridized carbons (Fsp3) is 0.385. The van der Waals surface area contributed by atoms with Gasteiger partial charge in [0.05, 0.1) is 6.61 Å². The molecule has 1 aromatic heterocycles. The van der Waals surface area contributed by atoms with Crippen LogP contribution in [0.1, 0.15) is 35.3 Å². The van der Waals surface area contributed by atoms with Crippen LogP contribution in [0.4, 0.5) is 0 Å². The first-order valence-electron chi connectivity index (χ1n) is 5.53. The van der Waals surface area contributed by atoms with Crippen molar-refractivity contribution in [3.05, 3.63) is 34.0 Å². The lowest BCUT2D eigenvalue weighted by molar-refractivity contribution is 0.103. The van der Waals surface area contributed by atoms with E-state index in [0.717, 1.165) is 40.7 Å². The van der Waals surface area contributed by atoms with Crippen molar-refractivity contribution in [1.29, 1.82) is 0 Å². The summed E-state index contributed by atoms with van der Waals surface area (Å²) in [5.74, 6) is 0.834. The van der Waals surface area contributed by atoms with Gasteiger partial charge in [-0.25, -0.2) is 4.98 Å². The number of pyridine rings is 1. The fourth-order valence-corrected chi connectivity index (χ4v) is 2.43. The molecule has 82 valence electrons. The lowest BCUT2D eigenvalue weighted by atomic mass is 10.0. The van der Waals surface area contributed by atoms with Gasteiger partial charge in [-0.3, -0.25) is 4.79 Å². The summed E-state index contributed by atoms with van der Waals surface area (Å²) in [6, 6.07) is 0. The molecule has 0 radical (unpaired) electrons. The quantitative estimate of drug-likeness (QED) is 0.622. The summed E-state index contributed by atoms with van der Waals surface area (Å²) in [6.07, 6.45) is 3.33. The summed E-state index contributed by atoms with van der Waals surface area (Å²) >= 11 is 0. The van der Waals surface area contributed by atoms with Gasteiger partial charge in [0.25, 0.3) is 0 Å². The smallest absolute Gasteiger partial charge is 0.217 e. The highest BCUT2D eigenvalue weighted by Crippen LogP contribution is 2.36. The van der Waals surface area contributed by atoms with Gasteiger partial charge in [0.2, 0.25) is 5.88 Å². The maximum absolute atomic E-state index is 12.3. The number of carbonyl (C=O) groups is 1. The molecule has 1 aliphatic carbocycles. The predicted molar refractivity (Wildman–Crippen MR) is 59.8 cm³/mol. The molecule has 2 heterocycles. The van der Waals surface area contributed by atoms with E-state index in [1.54, 1.807) is 6.20 Å². The number of nitrogens with zero attached hydrogens (tertiary/aromatic N) is 1. The molecule has 3 nitrogen and oxygen atoms in total. The summed E-state index contributed by atoms with van der Waals surface area (Å²) in [5, 5.41) is 0. The Morgan fingerprint density at radius 3 is 3.00 bits per heavy atom. The summed E-state index contributed by atoms with van der Waals surface area (Å²) in [7, 11) is 0.